The van der Waals surface area contributed by atoms with Crippen LogP contribution in [0.5, 0.6) is 0 Å². The van der Waals surface area contributed by atoms with E-state index in [4.69, 9.17) is 0 Å². The van der Waals surface area contributed by atoms with E-state index < -0.39 is 0 Å². The summed E-state index contributed by atoms with van der Waals surface area (Å²) >= 11 is 3.39. The van der Waals surface area contributed by atoms with Crippen LogP contribution in [0.1, 0.15) is 64.1 Å². The third-order valence-electron chi connectivity index (χ3n) is 3.14. The average Bonchev–Trinajstić information content (AvgIpc) is 2.36. The van der Waals surface area contributed by atoms with Crippen molar-refractivity contribution in [2.24, 2.45) is 0 Å². The summed E-state index contributed by atoms with van der Waals surface area (Å²) < 4.78 is 0.846. The van der Waals surface area contributed by atoms with E-state index in [-0.39, 0.29) is 0 Å². The van der Waals surface area contributed by atoms with E-state index in [1.165, 1.54) is 51.4 Å². The van der Waals surface area contributed by atoms with Gasteiger partial charge in [0.1, 0.15) is 16.2 Å². The van der Waals surface area contributed by atoms with Gasteiger partial charge in [0.15, 0.2) is 0 Å². The second kappa shape index (κ2) is 10.2. The van der Waals surface area contributed by atoms with Crippen LogP contribution in [0.25, 0.3) is 0 Å². The van der Waals surface area contributed by atoms with Crippen molar-refractivity contribution < 1.29 is 0 Å². The molecule has 0 aliphatic rings. The van der Waals surface area contributed by atoms with Crippen LogP contribution < -0.4 is 5.32 Å². The lowest BCUT2D eigenvalue weighted by Gasteiger charge is -2.06. The number of rotatable bonds is 10. The van der Waals surface area contributed by atoms with Gasteiger partial charge in [0.2, 0.25) is 0 Å². The van der Waals surface area contributed by atoms with Crippen molar-refractivity contribution in [3.05, 3.63) is 16.5 Å². The van der Waals surface area contributed by atoms with Crippen LogP contribution in [0.3, 0.4) is 0 Å². The highest BCUT2D eigenvalue weighted by atomic mass is 79.9. The Morgan fingerprint density at radius 2 is 1.63 bits per heavy atom. The van der Waals surface area contributed by atoms with Crippen molar-refractivity contribution in [3.63, 3.8) is 0 Å². The third kappa shape index (κ3) is 8.19. The summed E-state index contributed by atoms with van der Waals surface area (Å²) in [5.74, 6) is 1.72. The summed E-state index contributed by atoms with van der Waals surface area (Å²) in [6, 6.07) is 1.93. The number of aromatic nitrogens is 2. The summed E-state index contributed by atoms with van der Waals surface area (Å²) in [4.78, 5) is 8.54. The number of nitrogens with one attached hydrogen (secondary N) is 1. The minimum Gasteiger partial charge on any atom is -0.370 e. The number of unbranched alkanes of at least 4 members (excludes halogenated alkanes) is 7. The molecule has 1 rings (SSSR count). The van der Waals surface area contributed by atoms with Crippen LogP contribution in [0.4, 0.5) is 5.82 Å². The first-order chi connectivity index (χ1) is 9.22. The Bertz CT molecular complexity index is 335. The van der Waals surface area contributed by atoms with Crippen molar-refractivity contribution in [2.45, 2.75) is 65.2 Å². The summed E-state index contributed by atoms with van der Waals surface area (Å²) in [5.41, 5.74) is 0. The number of anilines is 1. The molecule has 0 aliphatic carbocycles. The van der Waals surface area contributed by atoms with Crippen molar-refractivity contribution >= 4 is 21.7 Å². The standard InChI is InChI=1S/C15H26BrN3/c1-3-4-5-6-7-8-9-10-11-17-15-12-14(16)18-13(2)19-15/h12H,3-11H2,1-2H3,(H,17,18,19). The molecule has 0 aromatic carbocycles. The summed E-state index contributed by atoms with van der Waals surface area (Å²) in [6.45, 7) is 5.17. The first-order valence-corrected chi connectivity index (χ1v) is 8.26. The molecule has 0 unspecified atom stereocenters. The van der Waals surface area contributed by atoms with Crippen LogP contribution in [-0.2, 0) is 0 Å². The van der Waals surface area contributed by atoms with Crippen LogP contribution in [0, 0.1) is 6.92 Å². The maximum Gasteiger partial charge on any atom is 0.130 e. The van der Waals surface area contributed by atoms with Gasteiger partial charge in [-0.2, -0.15) is 0 Å². The van der Waals surface area contributed by atoms with Crippen molar-refractivity contribution in [2.75, 3.05) is 11.9 Å². The Hall–Kier alpha value is -0.640. The third-order valence-corrected chi connectivity index (χ3v) is 3.55. The fourth-order valence-corrected chi connectivity index (χ4v) is 2.57. The lowest BCUT2D eigenvalue weighted by molar-refractivity contribution is 0.581. The quantitative estimate of drug-likeness (QED) is 0.480. The van der Waals surface area contributed by atoms with Gasteiger partial charge in [0.25, 0.3) is 0 Å². The number of hydrogen-bond donors (Lipinski definition) is 1. The first-order valence-electron chi connectivity index (χ1n) is 7.47. The fraction of sp³-hybridized carbons (Fsp3) is 0.733. The predicted octanol–water partition coefficient (Wildman–Crippen LogP) is 5.10. The zero-order chi connectivity index (χ0) is 13.9. The topological polar surface area (TPSA) is 37.8 Å². The molecule has 1 aromatic heterocycles. The molecular formula is C15H26BrN3. The normalized spacial score (nSPS) is 10.7. The molecule has 1 N–H and O–H groups in total. The lowest BCUT2D eigenvalue weighted by atomic mass is 10.1. The summed E-state index contributed by atoms with van der Waals surface area (Å²) in [5, 5.41) is 3.36. The van der Waals surface area contributed by atoms with Gasteiger partial charge in [-0.05, 0) is 29.3 Å². The number of hydrogen-bond acceptors (Lipinski definition) is 3. The molecule has 0 aliphatic heterocycles. The zero-order valence-electron chi connectivity index (χ0n) is 12.2. The van der Waals surface area contributed by atoms with Gasteiger partial charge in [0, 0.05) is 12.6 Å². The molecule has 0 spiro atoms. The Morgan fingerprint density at radius 1 is 1.00 bits per heavy atom. The zero-order valence-corrected chi connectivity index (χ0v) is 13.8. The van der Waals surface area contributed by atoms with Crippen LogP contribution >= 0.6 is 15.9 Å². The molecule has 1 aromatic rings. The summed E-state index contributed by atoms with van der Waals surface area (Å²) in [6.07, 6.45) is 10.8. The molecule has 108 valence electrons. The van der Waals surface area contributed by atoms with Gasteiger partial charge in [0.05, 0.1) is 0 Å². The highest BCUT2D eigenvalue weighted by Gasteiger charge is 1.98. The average molecular weight is 328 g/mol. The van der Waals surface area contributed by atoms with E-state index in [2.05, 4.69) is 38.1 Å². The monoisotopic (exact) mass is 327 g/mol. The van der Waals surface area contributed by atoms with Gasteiger partial charge in [-0.15, -0.1) is 0 Å². The van der Waals surface area contributed by atoms with Crippen LogP contribution in [0.15, 0.2) is 10.7 Å². The predicted molar refractivity (Wildman–Crippen MR) is 85.6 cm³/mol. The minimum absolute atomic E-state index is 0.799. The van der Waals surface area contributed by atoms with Gasteiger partial charge < -0.3 is 5.32 Å². The maximum absolute atomic E-state index is 4.35. The molecule has 0 amide bonds. The van der Waals surface area contributed by atoms with Gasteiger partial charge in [-0.3, -0.25) is 0 Å². The van der Waals surface area contributed by atoms with Crippen molar-refractivity contribution in [1.82, 2.24) is 9.97 Å². The van der Waals surface area contributed by atoms with Gasteiger partial charge >= 0.3 is 0 Å². The Kier molecular flexibility index (Phi) is 8.80. The molecule has 19 heavy (non-hydrogen) atoms. The molecule has 0 saturated carbocycles. The van der Waals surface area contributed by atoms with Crippen molar-refractivity contribution in [1.29, 1.82) is 0 Å². The fourth-order valence-electron chi connectivity index (χ4n) is 2.10. The van der Waals surface area contributed by atoms with E-state index in [0.29, 0.717) is 0 Å². The highest BCUT2D eigenvalue weighted by molar-refractivity contribution is 9.10. The highest BCUT2D eigenvalue weighted by Crippen LogP contribution is 2.12. The largest absolute Gasteiger partial charge is 0.370 e. The first kappa shape index (κ1) is 16.4. The molecule has 0 bridgehead atoms. The van der Waals surface area contributed by atoms with Crippen LogP contribution in [-0.4, -0.2) is 16.5 Å². The van der Waals surface area contributed by atoms with E-state index >= 15 is 0 Å². The molecule has 1 heterocycles. The molecule has 3 nitrogen and oxygen atoms in total. The van der Waals surface area contributed by atoms with E-state index in [1.54, 1.807) is 0 Å². The van der Waals surface area contributed by atoms with E-state index in [1.807, 2.05) is 13.0 Å². The second-order valence-corrected chi connectivity index (χ2v) is 5.84. The van der Waals surface area contributed by atoms with Gasteiger partial charge in [-0.25, -0.2) is 9.97 Å². The van der Waals surface area contributed by atoms with E-state index in [0.717, 1.165) is 22.8 Å². The molecular weight excluding hydrogens is 302 g/mol. The number of aryl methyl sites for hydroxylation is 1. The molecule has 4 heteroatoms. The maximum atomic E-state index is 4.35. The molecule has 0 saturated heterocycles. The Morgan fingerprint density at radius 3 is 2.26 bits per heavy atom. The second-order valence-electron chi connectivity index (χ2n) is 5.02. The van der Waals surface area contributed by atoms with Gasteiger partial charge in [-0.1, -0.05) is 51.9 Å². The molecule has 0 fully saturated rings. The van der Waals surface area contributed by atoms with Crippen LogP contribution in [0.2, 0.25) is 0 Å². The summed E-state index contributed by atoms with van der Waals surface area (Å²) in [7, 11) is 0. The Balaban J connectivity index is 2.01. The Labute approximate surface area is 125 Å². The number of nitrogens with zero attached hydrogens (tertiary/aromatic N) is 2. The molecule has 0 atom stereocenters. The minimum atomic E-state index is 0.799. The SMILES string of the molecule is CCCCCCCCCCNc1cc(Br)nc(C)n1. The number of halogens is 1. The van der Waals surface area contributed by atoms with Crippen molar-refractivity contribution in [3.8, 4) is 0 Å². The lowest BCUT2D eigenvalue weighted by Crippen LogP contribution is -2.04. The van der Waals surface area contributed by atoms with E-state index in [9.17, 15) is 0 Å². The molecule has 0 radical (unpaired) electrons. The smallest absolute Gasteiger partial charge is 0.130 e.